The van der Waals surface area contributed by atoms with Gasteiger partial charge in [0.15, 0.2) is 0 Å². The predicted molar refractivity (Wildman–Crippen MR) is 103 cm³/mol. The second-order valence-electron chi connectivity index (χ2n) is 5.75. The summed E-state index contributed by atoms with van der Waals surface area (Å²) in [6.07, 6.45) is 3.75. The van der Waals surface area contributed by atoms with Gasteiger partial charge in [-0.25, -0.2) is 0 Å². The van der Waals surface area contributed by atoms with Gasteiger partial charge in [-0.15, -0.1) is 11.8 Å². The Balaban J connectivity index is 1.95. The molecule has 0 saturated heterocycles. The normalized spacial score (nSPS) is 11.8. The van der Waals surface area contributed by atoms with Crippen LogP contribution in [0.4, 0.5) is 0 Å². The number of nitrogens with zero attached hydrogens (tertiary/aromatic N) is 1. The van der Waals surface area contributed by atoms with E-state index >= 15 is 0 Å². The minimum atomic E-state index is -0.285. The second-order valence-corrected chi connectivity index (χ2v) is 6.63. The molecule has 0 fully saturated rings. The van der Waals surface area contributed by atoms with Crippen LogP contribution in [0.2, 0.25) is 0 Å². The van der Waals surface area contributed by atoms with Crippen LogP contribution < -0.4 is 5.32 Å². The van der Waals surface area contributed by atoms with Crippen molar-refractivity contribution >= 4 is 17.7 Å². The van der Waals surface area contributed by atoms with Gasteiger partial charge in [-0.3, -0.25) is 9.78 Å². The van der Waals surface area contributed by atoms with E-state index in [1.165, 1.54) is 0 Å². The Bertz CT molecular complexity index is 811. The Hall–Kier alpha value is -2.59. The average molecular weight is 348 g/mol. The lowest BCUT2D eigenvalue weighted by Crippen LogP contribution is -2.30. The first-order valence-corrected chi connectivity index (χ1v) is 9.33. The summed E-state index contributed by atoms with van der Waals surface area (Å²) in [7, 11) is 0. The molecule has 4 heteroatoms. The van der Waals surface area contributed by atoms with Crippen LogP contribution in [0.25, 0.3) is 0 Å². The summed E-state index contributed by atoms with van der Waals surface area (Å²) in [6, 6.07) is 21.3. The Morgan fingerprint density at radius 1 is 1.04 bits per heavy atom. The Kier molecular flexibility index (Phi) is 5.51. The van der Waals surface area contributed by atoms with Crippen LogP contribution in [0.5, 0.6) is 0 Å². The lowest BCUT2D eigenvalue weighted by Gasteiger charge is -2.19. The molecule has 1 heterocycles. The van der Waals surface area contributed by atoms with Gasteiger partial charge in [0.2, 0.25) is 0 Å². The van der Waals surface area contributed by atoms with Crippen molar-refractivity contribution in [3.8, 4) is 0 Å². The molecule has 0 spiro atoms. The fraction of sp³-hybridized carbons (Fsp3) is 0.143. The molecule has 0 radical (unpaired) electrons. The van der Waals surface area contributed by atoms with Gasteiger partial charge in [0.25, 0.3) is 5.91 Å². The van der Waals surface area contributed by atoms with Crippen LogP contribution in [0, 0.1) is 6.92 Å². The molecule has 3 aromatic rings. The topological polar surface area (TPSA) is 42.0 Å². The fourth-order valence-corrected chi connectivity index (χ4v) is 3.14. The van der Waals surface area contributed by atoms with Crippen LogP contribution in [-0.2, 0) is 0 Å². The number of rotatable bonds is 5. The van der Waals surface area contributed by atoms with Gasteiger partial charge in [0.1, 0.15) is 0 Å². The largest absolute Gasteiger partial charge is 0.340 e. The number of pyridine rings is 1. The Morgan fingerprint density at radius 3 is 2.48 bits per heavy atom. The molecule has 0 aliphatic carbocycles. The summed E-state index contributed by atoms with van der Waals surface area (Å²) < 4.78 is 0. The first-order chi connectivity index (χ1) is 12.2. The maximum Gasteiger partial charge on any atom is 0.252 e. The van der Waals surface area contributed by atoms with Crippen LogP contribution >= 0.6 is 11.8 Å². The summed E-state index contributed by atoms with van der Waals surface area (Å²) in [5.74, 6) is -0.0899. The minimum absolute atomic E-state index is 0.0899. The summed E-state index contributed by atoms with van der Waals surface area (Å²) in [4.78, 5) is 18.5. The first kappa shape index (κ1) is 17.2. The predicted octanol–water partition coefficient (Wildman–Crippen LogP) is 4.63. The van der Waals surface area contributed by atoms with Crippen molar-refractivity contribution in [3.05, 3.63) is 95.3 Å². The SMILES string of the molecule is CSc1ccc(C)c(C(=O)NC(c2ccccc2)c2ccccn2)c1. The molecule has 0 aliphatic rings. The maximum atomic E-state index is 12.9. The van der Waals surface area contributed by atoms with Gasteiger partial charge in [-0.1, -0.05) is 42.5 Å². The van der Waals surface area contributed by atoms with Gasteiger partial charge in [0.05, 0.1) is 11.7 Å². The van der Waals surface area contributed by atoms with Gasteiger partial charge >= 0.3 is 0 Å². The van der Waals surface area contributed by atoms with E-state index in [0.717, 1.165) is 21.7 Å². The highest BCUT2D eigenvalue weighted by Crippen LogP contribution is 2.23. The molecular weight excluding hydrogens is 328 g/mol. The monoisotopic (exact) mass is 348 g/mol. The number of carbonyl (C=O) groups excluding carboxylic acids is 1. The van der Waals surface area contributed by atoms with Gasteiger partial charge in [0, 0.05) is 16.7 Å². The zero-order chi connectivity index (χ0) is 17.6. The number of amides is 1. The lowest BCUT2D eigenvalue weighted by atomic mass is 10.0. The summed E-state index contributed by atoms with van der Waals surface area (Å²) in [5.41, 5.74) is 3.49. The van der Waals surface area contributed by atoms with Crippen molar-refractivity contribution in [1.29, 1.82) is 0 Å². The van der Waals surface area contributed by atoms with Gasteiger partial charge in [-0.05, 0) is 48.6 Å². The van der Waals surface area contributed by atoms with Gasteiger partial charge in [-0.2, -0.15) is 0 Å². The van der Waals surface area contributed by atoms with Crippen LogP contribution in [-0.4, -0.2) is 17.1 Å². The van der Waals surface area contributed by atoms with Crippen LogP contribution in [0.1, 0.15) is 33.2 Å². The number of hydrogen-bond donors (Lipinski definition) is 1. The molecule has 3 nitrogen and oxygen atoms in total. The third-order valence-electron chi connectivity index (χ3n) is 4.08. The highest BCUT2D eigenvalue weighted by Gasteiger charge is 2.20. The van der Waals surface area contributed by atoms with Crippen molar-refractivity contribution < 1.29 is 4.79 Å². The van der Waals surface area contributed by atoms with E-state index in [1.807, 2.05) is 79.9 Å². The molecule has 1 aromatic heterocycles. The zero-order valence-corrected chi connectivity index (χ0v) is 15.1. The quantitative estimate of drug-likeness (QED) is 0.684. The standard InChI is InChI=1S/C21H20N2OS/c1-15-11-12-17(25-2)14-18(15)21(24)23-20(16-8-4-3-5-9-16)19-10-6-7-13-22-19/h3-14,20H,1-2H3,(H,23,24). The maximum absolute atomic E-state index is 12.9. The van der Waals surface area contributed by atoms with Crippen molar-refractivity contribution in [2.24, 2.45) is 0 Å². The molecular formula is C21H20N2OS. The van der Waals surface area contributed by atoms with Crippen LogP contribution in [0.3, 0.4) is 0 Å². The van der Waals surface area contributed by atoms with E-state index in [0.29, 0.717) is 5.56 Å². The number of aromatic nitrogens is 1. The molecule has 0 aliphatic heterocycles. The number of aryl methyl sites for hydroxylation is 1. The van der Waals surface area contributed by atoms with E-state index in [-0.39, 0.29) is 11.9 Å². The summed E-state index contributed by atoms with van der Waals surface area (Å²) in [6.45, 7) is 1.96. The number of carbonyl (C=O) groups is 1. The molecule has 126 valence electrons. The fourth-order valence-electron chi connectivity index (χ4n) is 2.70. The highest BCUT2D eigenvalue weighted by atomic mass is 32.2. The molecule has 25 heavy (non-hydrogen) atoms. The lowest BCUT2D eigenvalue weighted by molar-refractivity contribution is 0.0941. The van der Waals surface area contributed by atoms with E-state index in [4.69, 9.17) is 0 Å². The first-order valence-electron chi connectivity index (χ1n) is 8.10. The highest BCUT2D eigenvalue weighted by molar-refractivity contribution is 7.98. The van der Waals surface area contributed by atoms with E-state index in [9.17, 15) is 4.79 Å². The molecule has 1 N–H and O–H groups in total. The van der Waals surface area contributed by atoms with Gasteiger partial charge < -0.3 is 5.32 Å². The molecule has 2 aromatic carbocycles. The van der Waals surface area contributed by atoms with Crippen molar-refractivity contribution in [1.82, 2.24) is 10.3 Å². The van der Waals surface area contributed by atoms with Crippen molar-refractivity contribution in [3.63, 3.8) is 0 Å². The third-order valence-corrected chi connectivity index (χ3v) is 4.81. The molecule has 0 bridgehead atoms. The summed E-state index contributed by atoms with van der Waals surface area (Å²) in [5, 5.41) is 3.15. The molecule has 0 saturated carbocycles. The Morgan fingerprint density at radius 2 is 1.80 bits per heavy atom. The zero-order valence-electron chi connectivity index (χ0n) is 14.3. The molecule has 1 unspecified atom stereocenters. The number of thioether (sulfide) groups is 1. The number of hydrogen-bond acceptors (Lipinski definition) is 3. The average Bonchev–Trinajstić information content (AvgIpc) is 2.67. The third kappa shape index (κ3) is 4.09. The molecule has 1 amide bonds. The van der Waals surface area contributed by atoms with Crippen molar-refractivity contribution in [2.45, 2.75) is 17.9 Å². The minimum Gasteiger partial charge on any atom is -0.340 e. The summed E-state index contributed by atoms with van der Waals surface area (Å²) >= 11 is 1.63. The van der Waals surface area contributed by atoms with E-state index < -0.39 is 0 Å². The smallest absolute Gasteiger partial charge is 0.252 e. The van der Waals surface area contributed by atoms with E-state index in [1.54, 1.807) is 18.0 Å². The van der Waals surface area contributed by atoms with Crippen LogP contribution in [0.15, 0.2) is 77.8 Å². The Labute approximate surface area is 152 Å². The van der Waals surface area contributed by atoms with Crippen molar-refractivity contribution in [2.75, 3.05) is 6.26 Å². The molecule has 3 rings (SSSR count). The second kappa shape index (κ2) is 7.99. The number of benzene rings is 2. The van der Waals surface area contributed by atoms with E-state index in [2.05, 4.69) is 10.3 Å². The number of nitrogens with one attached hydrogen (secondary N) is 1. The molecule has 1 atom stereocenters.